The maximum atomic E-state index is 11.8. The van der Waals surface area contributed by atoms with Crippen LogP contribution in [-0.2, 0) is 4.74 Å². The number of nitrogens with one attached hydrogen (secondary N) is 1. The fraction of sp³-hybridized carbons (Fsp3) is 0.400. The monoisotopic (exact) mass is 289 g/mol. The van der Waals surface area contributed by atoms with Crippen LogP contribution in [0.25, 0.3) is 11.3 Å². The number of benzene rings is 1. The van der Waals surface area contributed by atoms with Gasteiger partial charge in [-0.25, -0.2) is 4.79 Å². The van der Waals surface area contributed by atoms with Gasteiger partial charge in [0.2, 0.25) is 0 Å². The Hall–Kier alpha value is -2.37. The van der Waals surface area contributed by atoms with Gasteiger partial charge in [0.15, 0.2) is 5.69 Å². The molecule has 2 rings (SSSR count). The zero-order valence-electron chi connectivity index (χ0n) is 12.3. The van der Waals surface area contributed by atoms with Gasteiger partial charge >= 0.3 is 5.97 Å². The van der Waals surface area contributed by atoms with Crippen molar-refractivity contribution in [2.24, 2.45) is 0 Å². The molecular weight excluding hydrogens is 270 g/mol. The molecule has 0 aliphatic rings. The molecule has 6 nitrogen and oxygen atoms in total. The van der Waals surface area contributed by atoms with Crippen molar-refractivity contribution in [2.75, 3.05) is 13.2 Å². The average Bonchev–Trinajstić information content (AvgIpc) is 2.98. The third kappa shape index (κ3) is 3.81. The summed E-state index contributed by atoms with van der Waals surface area (Å²) in [6.07, 6.45) is 2.08. The lowest BCUT2D eigenvalue weighted by Crippen LogP contribution is -2.06. The molecule has 0 atom stereocenters. The highest BCUT2D eigenvalue weighted by atomic mass is 16.5. The zero-order valence-corrected chi connectivity index (χ0v) is 12.3. The Morgan fingerprint density at radius 3 is 2.90 bits per heavy atom. The molecule has 112 valence electrons. The number of ether oxygens (including phenoxy) is 2. The number of hydrogen-bond acceptors (Lipinski definition) is 5. The van der Waals surface area contributed by atoms with Crippen LogP contribution >= 0.6 is 0 Å². The Morgan fingerprint density at radius 1 is 1.29 bits per heavy atom. The normalized spacial score (nSPS) is 10.4. The summed E-state index contributed by atoms with van der Waals surface area (Å²) >= 11 is 0. The van der Waals surface area contributed by atoms with Crippen LogP contribution in [0.1, 0.15) is 37.2 Å². The average molecular weight is 289 g/mol. The second-order valence-corrected chi connectivity index (χ2v) is 4.47. The van der Waals surface area contributed by atoms with Gasteiger partial charge in [-0.15, -0.1) is 5.10 Å². The molecule has 0 saturated heterocycles. The predicted molar refractivity (Wildman–Crippen MR) is 78.2 cm³/mol. The number of nitrogens with zero attached hydrogens (tertiary/aromatic N) is 2. The first-order chi connectivity index (χ1) is 10.3. The van der Waals surface area contributed by atoms with E-state index in [-0.39, 0.29) is 5.69 Å². The first kappa shape index (κ1) is 15.0. The topological polar surface area (TPSA) is 77.1 Å². The van der Waals surface area contributed by atoms with Crippen LogP contribution in [0.4, 0.5) is 0 Å². The van der Waals surface area contributed by atoms with E-state index in [1.165, 1.54) is 0 Å². The van der Waals surface area contributed by atoms with E-state index in [1.54, 1.807) is 6.92 Å². The van der Waals surface area contributed by atoms with E-state index >= 15 is 0 Å². The van der Waals surface area contributed by atoms with Crippen molar-refractivity contribution in [2.45, 2.75) is 26.7 Å². The number of rotatable bonds is 7. The molecular formula is C15H19N3O3. The number of hydrogen-bond donors (Lipinski definition) is 1. The Labute approximate surface area is 123 Å². The second kappa shape index (κ2) is 7.42. The van der Waals surface area contributed by atoms with E-state index in [2.05, 4.69) is 22.3 Å². The lowest BCUT2D eigenvalue weighted by atomic mass is 10.1. The van der Waals surface area contributed by atoms with Crippen molar-refractivity contribution in [1.29, 1.82) is 0 Å². The van der Waals surface area contributed by atoms with Gasteiger partial charge in [0.25, 0.3) is 0 Å². The summed E-state index contributed by atoms with van der Waals surface area (Å²) in [5, 5.41) is 10.4. The molecule has 0 radical (unpaired) electrons. The lowest BCUT2D eigenvalue weighted by molar-refractivity contribution is 0.0520. The van der Waals surface area contributed by atoms with E-state index in [4.69, 9.17) is 9.47 Å². The van der Waals surface area contributed by atoms with Crippen molar-refractivity contribution >= 4 is 5.97 Å². The number of carbonyl (C=O) groups is 1. The van der Waals surface area contributed by atoms with Crippen LogP contribution in [0.3, 0.4) is 0 Å². The summed E-state index contributed by atoms with van der Waals surface area (Å²) in [7, 11) is 0. The SMILES string of the molecule is CCCCOc1cccc(-c2n[nH]nc2C(=O)OCC)c1. The summed E-state index contributed by atoms with van der Waals surface area (Å²) in [5.41, 5.74) is 1.41. The molecule has 0 aliphatic carbocycles. The molecule has 0 fully saturated rings. The number of aromatic amines is 1. The van der Waals surface area contributed by atoms with E-state index in [0.717, 1.165) is 24.2 Å². The summed E-state index contributed by atoms with van der Waals surface area (Å²) in [5.74, 6) is 0.261. The number of carbonyl (C=O) groups excluding carboxylic acids is 1. The Morgan fingerprint density at radius 2 is 2.14 bits per heavy atom. The number of esters is 1. The maximum absolute atomic E-state index is 11.8. The molecule has 1 heterocycles. The molecule has 2 aromatic rings. The molecule has 1 aromatic heterocycles. The Balaban J connectivity index is 2.20. The van der Waals surface area contributed by atoms with Gasteiger partial charge in [-0.05, 0) is 25.5 Å². The number of H-pyrrole nitrogens is 1. The first-order valence-corrected chi connectivity index (χ1v) is 7.07. The largest absolute Gasteiger partial charge is 0.494 e. The summed E-state index contributed by atoms with van der Waals surface area (Å²) in [4.78, 5) is 11.8. The van der Waals surface area contributed by atoms with Gasteiger partial charge in [0.05, 0.1) is 13.2 Å². The number of aromatic nitrogens is 3. The van der Waals surface area contributed by atoms with Crippen LogP contribution in [0.15, 0.2) is 24.3 Å². The Bertz CT molecular complexity index is 595. The standard InChI is InChI=1S/C15H19N3O3/c1-3-5-9-21-12-8-6-7-11(10-12)13-14(17-18-16-13)15(19)20-4-2/h6-8,10H,3-5,9H2,1-2H3,(H,16,17,18). The van der Waals surface area contributed by atoms with Gasteiger partial charge in [-0.3, -0.25) is 0 Å². The lowest BCUT2D eigenvalue weighted by Gasteiger charge is -2.07. The van der Waals surface area contributed by atoms with Gasteiger partial charge in [-0.1, -0.05) is 25.5 Å². The third-order valence-electron chi connectivity index (χ3n) is 2.89. The minimum atomic E-state index is -0.487. The maximum Gasteiger partial charge on any atom is 0.361 e. The van der Waals surface area contributed by atoms with Crippen LogP contribution < -0.4 is 4.74 Å². The highest BCUT2D eigenvalue weighted by molar-refractivity contribution is 5.93. The van der Waals surface area contributed by atoms with Crippen molar-refractivity contribution < 1.29 is 14.3 Å². The molecule has 0 aliphatic heterocycles. The van der Waals surface area contributed by atoms with Gasteiger partial charge < -0.3 is 9.47 Å². The predicted octanol–water partition coefficient (Wildman–Crippen LogP) is 2.83. The van der Waals surface area contributed by atoms with E-state index < -0.39 is 5.97 Å². The van der Waals surface area contributed by atoms with Gasteiger partial charge in [0, 0.05) is 5.56 Å². The molecule has 6 heteroatoms. The highest BCUT2D eigenvalue weighted by Crippen LogP contribution is 2.24. The van der Waals surface area contributed by atoms with E-state index in [1.807, 2.05) is 24.3 Å². The molecule has 0 spiro atoms. The minimum Gasteiger partial charge on any atom is -0.494 e. The summed E-state index contributed by atoms with van der Waals surface area (Å²) in [6, 6.07) is 7.44. The zero-order chi connectivity index (χ0) is 15.1. The highest BCUT2D eigenvalue weighted by Gasteiger charge is 2.19. The van der Waals surface area contributed by atoms with Crippen molar-refractivity contribution in [3.8, 4) is 17.0 Å². The van der Waals surface area contributed by atoms with Crippen molar-refractivity contribution in [3.63, 3.8) is 0 Å². The van der Waals surface area contributed by atoms with Crippen LogP contribution in [0.5, 0.6) is 5.75 Å². The third-order valence-corrected chi connectivity index (χ3v) is 2.89. The molecule has 1 aromatic carbocycles. The fourth-order valence-corrected chi connectivity index (χ4v) is 1.84. The quantitative estimate of drug-likeness (QED) is 0.626. The molecule has 0 amide bonds. The minimum absolute atomic E-state index is 0.183. The number of unbranched alkanes of at least 4 members (excludes halogenated alkanes) is 1. The molecule has 0 saturated carbocycles. The molecule has 0 bridgehead atoms. The molecule has 1 N–H and O–H groups in total. The van der Waals surface area contributed by atoms with E-state index in [9.17, 15) is 4.79 Å². The van der Waals surface area contributed by atoms with Crippen molar-refractivity contribution in [1.82, 2.24) is 15.4 Å². The second-order valence-electron chi connectivity index (χ2n) is 4.47. The Kier molecular flexibility index (Phi) is 5.31. The first-order valence-electron chi connectivity index (χ1n) is 7.07. The van der Waals surface area contributed by atoms with Gasteiger partial charge in [0.1, 0.15) is 11.4 Å². The molecule has 0 unspecified atom stereocenters. The summed E-state index contributed by atoms with van der Waals surface area (Å²) in [6.45, 7) is 4.83. The van der Waals surface area contributed by atoms with Crippen LogP contribution in [0.2, 0.25) is 0 Å². The smallest absolute Gasteiger partial charge is 0.361 e. The summed E-state index contributed by atoms with van der Waals surface area (Å²) < 4.78 is 10.6. The van der Waals surface area contributed by atoms with Crippen LogP contribution in [-0.4, -0.2) is 34.6 Å². The molecule has 21 heavy (non-hydrogen) atoms. The van der Waals surface area contributed by atoms with Crippen molar-refractivity contribution in [3.05, 3.63) is 30.0 Å². The van der Waals surface area contributed by atoms with E-state index in [0.29, 0.717) is 18.9 Å². The van der Waals surface area contributed by atoms with Crippen LogP contribution in [0, 0.1) is 0 Å². The van der Waals surface area contributed by atoms with Gasteiger partial charge in [-0.2, -0.15) is 10.3 Å². The fourth-order valence-electron chi connectivity index (χ4n) is 1.84.